The van der Waals surface area contributed by atoms with Crippen LogP contribution in [-0.2, 0) is 11.2 Å². The minimum Gasteiger partial charge on any atom is -0.406 e. The Morgan fingerprint density at radius 1 is 1.11 bits per heavy atom. The van der Waals surface area contributed by atoms with Gasteiger partial charge in [-0.15, -0.1) is 13.2 Å². The third-order valence-corrected chi connectivity index (χ3v) is 4.06. The molecule has 0 spiro atoms. The van der Waals surface area contributed by atoms with Crippen molar-refractivity contribution in [3.63, 3.8) is 0 Å². The molecule has 0 bridgehead atoms. The molecule has 0 aliphatic rings. The van der Waals surface area contributed by atoms with E-state index in [9.17, 15) is 18.0 Å². The van der Waals surface area contributed by atoms with Gasteiger partial charge in [-0.05, 0) is 36.2 Å². The van der Waals surface area contributed by atoms with Crippen LogP contribution in [0, 0.1) is 0 Å². The second-order valence-corrected chi connectivity index (χ2v) is 6.08. The van der Waals surface area contributed by atoms with Crippen LogP contribution in [0.2, 0.25) is 0 Å². The molecule has 1 N–H and O–H groups in total. The van der Waals surface area contributed by atoms with Crippen LogP contribution in [0.4, 0.5) is 13.2 Å². The first kappa shape index (κ1) is 18.7. The molecule has 140 valence electrons. The molecule has 0 saturated heterocycles. The van der Waals surface area contributed by atoms with Crippen molar-refractivity contribution in [2.45, 2.75) is 25.7 Å². The maximum atomic E-state index is 12.4. The maximum Gasteiger partial charge on any atom is 0.573 e. The van der Waals surface area contributed by atoms with Crippen molar-refractivity contribution in [2.75, 3.05) is 0 Å². The predicted molar refractivity (Wildman–Crippen MR) is 95.1 cm³/mol. The monoisotopic (exact) mass is 374 g/mol. The van der Waals surface area contributed by atoms with Gasteiger partial charge in [0.1, 0.15) is 5.75 Å². The highest BCUT2D eigenvalue weighted by molar-refractivity contribution is 5.87. The molecular formula is C20H17F3N2O2. The zero-order chi connectivity index (χ0) is 19.4. The minimum atomic E-state index is -4.73. The van der Waals surface area contributed by atoms with Crippen LogP contribution >= 0.6 is 0 Å². The standard InChI is InChI=1S/C20H17F3N2O2/c1-13(14-7-9-17(10-8-14)27-20(21,22)23)25-18(26)12-16-5-2-4-15-6-3-11-24-19(15)16/h2-11,13H,12H2,1H3,(H,25,26). The number of nitrogens with zero attached hydrogens (tertiary/aromatic N) is 1. The number of rotatable bonds is 5. The van der Waals surface area contributed by atoms with E-state index >= 15 is 0 Å². The molecule has 27 heavy (non-hydrogen) atoms. The van der Waals surface area contributed by atoms with Crippen LogP contribution in [0.15, 0.2) is 60.8 Å². The van der Waals surface area contributed by atoms with Crippen LogP contribution in [0.3, 0.4) is 0 Å². The van der Waals surface area contributed by atoms with Crippen molar-refractivity contribution in [1.82, 2.24) is 10.3 Å². The zero-order valence-corrected chi connectivity index (χ0v) is 14.5. The van der Waals surface area contributed by atoms with Crippen LogP contribution in [0.25, 0.3) is 10.9 Å². The van der Waals surface area contributed by atoms with Gasteiger partial charge in [-0.25, -0.2) is 0 Å². The van der Waals surface area contributed by atoms with E-state index in [0.29, 0.717) is 5.56 Å². The number of hydrogen-bond acceptors (Lipinski definition) is 3. The summed E-state index contributed by atoms with van der Waals surface area (Å²) in [6.07, 6.45) is -2.89. The summed E-state index contributed by atoms with van der Waals surface area (Å²) in [7, 11) is 0. The fraction of sp³-hybridized carbons (Fsp3) is 0.200. The molecular weight excluding hydrogens is 357 g/mol. The Kier molecular flexibility index (Phi) is 5.30. The number of hydrogen-bond donors (Lipinski definition) is 1. The van der Waals surface area contributed by atoms with Gasteiger partial charge in [-0.2, -0.15) is 0 Å². The van der Waals surface area contributed by atoms with Crippen molar-refractivity contribution in [3.8, 4) is 5.75 Å². The maximum absolute atomic E-state index is 12.4. The lowest BCUT2D eigenvalue weighted by Crippen LogP contribution is -2.28. The number of amides is 1. The first-order chi connectivity index (χ1) is 12.8. The third-order valence-electron chi connectivity index (χ3n) is 4.06. The molecule has 0 aliphatic heterocycles. The van der Waals surface area contributed by atoms with E-state index in [-0.39, 0.29) is 24.1 Å². The lowest BCUT2D eigenvalue weighted by atomic mass is 10.1. The highest BCUT2D eigenvalue weighted by Gasteiger charge is 2.31. The summed E-state index contributed by atoms with van der Waals surface area (Å²) in [6, 6.07) is 14.5. The Hall–Kier alpha value is -3.09. The van der Waals surface area contributed by atoms with E-state index in [1.807, 2.05) is 30.3 Å². The Morgan fingerprint density at radius 3 is 2.52 bits per heavy atom. The summed E-state index contributed by atoms with van der Waals surface area (Å²) < 4.78 is 40.5. The van der Waals surface area contributed by atoms with Crippen LogP contribution in [0.1, 0.15) is 24.1 Å². The van der Waals surface area contributed by atoms with Gasteiger partial charge in [0.15, 0.2) is 0 Å². The Labute approximate surface area is 154 Å². The van der Waals surface area contributed by atoms with Gasteiger partial charge in [0.25, 0.3) is 0 Å². The summed E-state index contributed by atoms with van der Waals surface area (Å²) in [4.78, 5) is 16.7. The molecule has 1 aromatic heterocycles. The molecule has 2 aromatic carbocycles. The van der Waals surface area contributed by atoms with Crippen molar-refractivity contribution < 1.29 is 22.7 Å². The molecule has 0 saturated carbocycles. The summed E-state index contributed by atoms with van der Waals surface area (Å²) in [5.74, 6) is -0.497. The largest absolute Gasteiger partial charge is 0.573 e. The van der Waals surface area contributed by atoms with Crippen molar-refractivity contribution in [1.29, 1.82) is 0 Å². The normalized spacial score (nSPS) is 12.6. The number of carbonyl (C=O) groups is 1. The van der Waals surface area contributed by atoms with Crippen LogP contribution in [0.5, 0.6) is 5.75 Å². The summed E-state index contributed by atoms with van der Waals surface area (Å²) in [5.41, 5.74) is 2.26. The van der Waals surface area contributed by atoms with E-state index in [2.05, 4.69) is 15.0 Å². The number of nitrogens with one attached hydrogen (secondary N) is 1. The predicted octanol–water partition coefficient (Wildman–Crippen LogP) is 4.55. The number of pyridine rings is 1. The lowest BCUT2D eigenvalue weighted by Gasteiger charge is -2.16. The van der Waals surface area contributed by atoms with Gasteiger partial charge < -0.3 is 10.1 Å². The minimum absolute atomic E-state index is 0.161. The van der Waals surface area contributed by atoms with E-state index in [4.69, 9.17) is 0 Å². The average molecular weight is 374 g/mol. The highest BCUT2D eigenvalue weighted by Crippen LogP contribution is 2.24. The topological polar surface area (TPSA) is 51.2 Å². The Balaban J connectivity index is 1.65. The van der Waals surface area contributed by atoms with Gasteiger partial charge in [0.05, 0.1) is 18.0 Å². The van der Waals surface area contributed by atoms with Gasteiger partial charge in [-0.3, -0.25) is 9.78 Å². The molecule has 7 heteroatoms. The van der Waals surface area contributed by atoms with Crippen molar-refractivity contribution >= 4 is 16.8 Å². The smallest absolute Gasteiger partial charge is 0.406 e. The number of carbonyl (C=O) groups excluding carboxylic acids is 1. The molecule has 1 unspecified atom stereocenters. The second-order valence-electron chi connectivity index (χ2n) is 6.08. The van der Waals surface area contributed by atoms with Gasteiger partial charge in [0.2, 0.25) is 5.91 Å². The highest BCUT2D eigenvalue weighted by atomic mass is 19.4. The fourth-order valence-corrected chi connectivity index (χ4v) is 2.82. The number of fused-ring (bicyclic) bond motifs is 1. The molecule has 1 atom stereocenters. The van der Waals surface area contributed by atoms with Gasteiger partial charge in [-0.1, -0.05) is 36.4 Å². The zero-order valence-electron chi connectivity index (χ0n) is 14.5. The van der Waals surface area contributed by atoms with Crippen LogP contribution < -0.4 is 10.1 Å². The number of alkyl halides is 3. The number of benzene rings is 2. The van der Waals surface area contributed by atoms with Crippen molar-refractivity contribution in [2.24, 2.45) is 0 Å². The third kappa shape index (κ3) is 4.97. The lowest BCUT2D eigenvalue weighted by molar-refractivity contribution is -0.274. The molecule has 1 amide bonds. The van der Waals surface area contributed by atoms with E-state index in [1.54, 1.807) is 13.1 Å². The second kappa shape index (κ2) is 7.65. The molecule has 0 radical (unpaired) electrons. The van der Waals surface area contributed by atoms with Crippen LogP contribution in [-0.4, -0.2) is 17.3 Å². The Bertz CT molecular complexity index is 935. The molecule has 0 aliphatic carbocycles. The van der Waals surface area contributed by atoms with E-state index in [1.165, 1.54) is 24.3 Å². The number of aromatic nitrogens is 1. The first-order valence-electron chi connectivity index (χ1n) is 8.29. The van der Waals surface area contributed by atoms with Gasteiger partial charge >= 0.3 is 6.36 Å². The SMILES string of the molecule is CC(NC(=O)Cc1cccc2cccnc12)c1ccc(OC(F)(F)F)cc1. The average Bonchev–Trinajstić information content (AvgIpc) is 2.61. The fourth-order valence-electron chi connectivity index (χ4n) is 2.82. The molecule has 0 fully saturated rings. The summed E-state index contributed by atoms with van der Waals surface area (Å²) in [6.45, 7) is 1.76. The number of ether oxygens (including phenoxy) is 1. The van der Waals surface area contributed by atoms with Crippen molar-refractivity contribution in [3.05, 3.63) is 71.9 Å². The number of para-hydroxylation sites is 1. The molecule has 3 aromatic rings. The first-order valence-corrected chi connectivity index (χ1v) is 8.29. The summed E-state index contributed by atoms with van der Waals surface area (Å²) >= 11 is 0. The molecule has 4 nitrogen and oxygen atoms in total. The quantitative estimate of drug-likeness (QED) is 0.713. The van der Waals surface area contributed by atoms with E-state index < -0.39 is 6.36 Å². The number of halogens is 3. The van der Waals surface area contributed by atoms with E-state index in [0.717, 1.165) is 16.5 Å². The summed E-state index contributed by atoms with van der Waals surface area (Å²) in [5, 5.41) is 3.80. The molecule has 3 rings (SSSR count). The Morgan fingerprint density at radius 2 is 1.81 bits per heavy atom. The van der Waals surface area contributed by atoms with Gasteiger partial charge in [0, 0.05) is 11.6 Å². The molecule has 1 heterocycles.